The maximum absolute atomic E-state index is 5.26. The van der Waals surface area contributed by atoms with Crippen molar-refractivity contribution in [1.82, 2.24) is 9.97 Å². The zero-order valence-corrected chi connectivity index (χ0v) is 20.7. The second kappa shape index (κ2) is 7.95. The SMILES string of the molecule is c1ccc(-c2nc(-c3cccc4cc5sc6ccccc6c5cc34)nc3ccc4ccccc4c23)cc1. The zero-order chi connectivity index (χ0) is 24.3. The minimum atomic E-state index is 0.756. The number of nitrogens with zero attached hydrogens (tertiary/aromatic N) is 2. The topological polar surface area (TPSA) is 25.8 Å². The van der Waals surface area contributed by atoms with Crippen LogP contribution in [0.4, 0.5) is 0 Å². The molecule has 0 aliphatic heterocycles. The molecule has 2 aromatic heterocycles. The van der Waals surface area contributed by atoms with Crippen LogP contribution >= 0.6 is 11.3 Å². The Labute approximate surface area is 217 Å². The molecule has 0 fully saturated rings. The largest absolute Gasteiger partial charge is 0.228 e. The molecule has 0 saturated carbocycles. The van der Waals surface area contributed by atoms with Crippen LogP contribution in [0, 0.1) is 0 Å². The molecule has 0 spiro atoms. The Hall–Kier alpha value is -4.60. The third-order valence-corrected chi connectivity index (χ3v) is 8.39. The van der Waals surface area contributed by atoms with E-state index in [-0.39, 0.29) is 0 Å². The van der Waals surface area contributed by atoms with Gasteiger partial charge in [0.05, 0.1) is 11.2 Å². The van der Waals surface area contributed by atoms with Crippen molar-refractivity contribution in [2.24, 2.45) is 0 Å². The molecule has 0 N–H and O–H groups in total. The highest BCUT2D eigenvalue weighted by molar-refractivity contribution is 7.25. The van der Waals surface area contributed by atoms with E-state index in [1.165, 1.54) is 41.7 Å². The number of thiophene rings is 1. The number of aromatic nitrogens is 2. The van der Waals surface area contributed by atoms with Crippen LogP contribution in [0.3, 0.4) is 0 Å². The quantitative estimate of drug-likeness (QED) is 0.226. The number of fused-ring (bicyclic) bond motifs is 7. The fraction of sp³-hybridized carbons (Fsp3) is 0. The summed E-state index contributed by atoms with van der Waals surface area (Å²) >= 11 is 1.85. The van der Waals surface area contributed by atoms with Crippen LogP contribution in [0.15, 0.2) is 121 Å². The first kappa shape index (κ1) is 20.6. The highest BCUT2D eigenvalue weighted by Gasteiger charge is 2.16. The Morgan fingerprint density at radius 1 is 0.486 bits per heavy atom. The Balaban J connectivity index is 1.47. The van der Waals surface area contributed by atoms with Gasteiger partial charge in [-0.05, 0) is 45.8 Å². The van der Waals surface area contributed by atoms with Crippen LogP contribution in [0.25, 0.3) is 75.3 Å². The van der Waals surface area contributed by atoms with Crippen molar-refractivity contribution >= 4 is 64.0 Å². The molecule has 172 valence electrons. The molecule has 0 amide bonds. The van der Waals surface area contributed by atoms with Gasteiger partial charge in [0.25, 0.3) is 0 Å². The first-order valence-electron chi connectivity index (χ1n) is 12.4. The van der Waals surface area contributed by atoms with Gasteiger partial charge in [0.2, 0.25) is 0 Å². The second-order valence-electron chi connectivity index (χ2n) is 9.42. The van der Waals surface area contributed by atoms with Gasteiger partial charge in [-0.25, -0.2) is 9.97 Å². The normalized spacial score (nSPS) is 11.8. The van der Waals surface area contributed by atoms with E-state index >= 15 is 0 Å². The predicted octanol–water partition coefficient (Wildman–Crippen LogP) is 9.64. The van der Waals surface area contributed by atoms with Gasteiger partial charge in [0.15, 0.2) is 5.82 Å². The molecule has 0 aliphatic rings. The smallest absolute Gasteiger partial charge is 0.161 e. The standard InChI is InChI=1S/C34H20N2S/c1-2-10-22(11-3-1)33-32-24-13-5-4-9-21(24)17-18-29(32)35-34(36-33)26-15-8-12-23-19-31-28(20-27(23)26)25-14-6-7-16-30(25)37-31/h1-20H. The van der Waals surface area contributed by atoms with Gasteiger partial charge in [-0.15, -0.1) is 11.3 Å². The van der Waals surface area contributed by atoms with Crippen LogP contribution in [-0.4, -0.2) is 9.97 Å². The fourth-order valence-corrected chi connectivity index (χ4v) is 6.66. The molecule has 6 aromatic carbocycles. The maximum Gasteiger partial charge on any atom is 0.161 e. The lowest BCUT2D eigenvalue weighted by Crippen LogP contribution is -1.96. The molecule has 0 atom stereocenters. The van der Waals surface area contributed by atoms with Gasteiger partial charge in [-0.2, -0.15) is 0 Å². The molecule has 3 heteroatoms. The van der Waals surface area contributed by atoms with Crippen LogP contribution in [0.2, 0.25) is 0 Å². The molecule has 0 aliphatic carbocycles. The van der Waals surface area contributed by atoms with E-state index in [0.29, 0.717) is 0 Å². The van der Waals surface area contributed by atoms with Gasteiger partial charge < -0.3 is 0 Å². The van der Waals surface area contributed by atoms with Crippen molar-refractivity contribution in [1.29, 1.82) is 0 Å². The summed E-state index contributed by atoms with van der Waals surface area (Å²) < 4.78 is 2.62. The maximum atomic E-state index is 5.26. The summed E-state index contributed by atoms with van der Waals surface area (Å²) in [4.78, 5) is 10.4. The number of benzene rings is 6. The van der Waals surface area contributed by atoms with Crippen molar-refractivity contribution in [2.75, 3.05) is 0 Å². The Morgan fingerprint density at radius 2 is 1.27 bits per heavy atom. The number of rotatable bonds is 2. The first-order valence-corrected chi connectivity index (χ1v) is 13.2. The van der Waals surface area contributed by atoms with Gasteiger partial charge >= 0.3 is 0 Å². The lowest BCUT2D eigenvalue weighted by molar-refractivity contribution is 1.24. The molecule has 8 rings (SSSR count). The Kier molecular flexibility index (Phi) is 4.42. The third-order valence-electron chi connectivity index (χ3n) is 7.25. The van der Waals surface area contributed by atoms with E-state index in [9.17, 15) is 0 Å². The van der Waals surface area contributed by atoms with Crippen molar-refractivity contribution in [2.45, 2.75) is 0 Å². The summed E-state index contributed by atoms with van der Waals surface area (Å²) in [5.74, 6) is 0.756. The van der Waals surface area contributed by atoms with Crippen LogP contribution in [0.5, 0.6) is 0 Å². The van der Waals surface area contributed by atoms with Gasteiger partial charge in [0.1, 0.15) is 0 Å². The lowest BCUT2D eigenvalue weighted by Gasteiger charge is -2.13. The molecule has 8 aromatic rings. The average molecular weight is 489 g/mol. The second-order valence-corrected chi connectivity index (χ2v) is 10.5. The summed E-state index contributed by atoms with van der Waals surface area (Å²) in [7, 11) is 0. The molecular formula is C34H20N2S. The van der Waals surface area contributed by atoms with E-state index in [2.05, 4.69) is 115 Å². The predicted molar refractivity (Wildman–Crippen MR) is 158 cm³/mol. The van der Waals surface area contributed by atoms with Crippen molar-refractivity contribution in [3.63, 3.8) is 0 Å². The highest BCUT2D eigenvalue weighted by atomic mass is 32.1. The first-order chi connectivity index (χ1) is 18.3. The molecule has 0 saturated heterocycles. The van der Waals surface area contributed by atoms with Crippen molar-refractivity contribution in [3.05, 3.63) is 121 Å². The fourth-order valence-electron chi connectivity index (χ4n) is 5.52. The minimum absolute atomic E-state index is 0.756. The molecule has 37 heavy (non-hydrogen) atoms. The van der Waals surface area contributed by atoms with Gasteiger partial charge in [-0.3, -0.25) is 0 Å². The van der Waals surface area contributed by atoms with Crippen LogP contribution in [-0.2, 0) is 0 Å². The summed E-state index contributed by atoms with van der Waals surface area (Å²) in [5, 5.41) is 8.44. The number of hydrogen-bond donors (Lipinski definition) is 0. The van der Waals surface area contributed by atoms with E-state index in [1.807, 2.05) is 17.4 Å². The van der Waals surface area contributed by atoms with Crippen LogP contribution in [0.1, 0.15) is 0 Å². The Morgan fingerprint density at radius 3 is 2.19 bits per heavy atom. The molecule has 0 unspecified atom stereocenters. The van der Waals surface area contributed by atoms with E-state index in [0.717, 1.165) is 33.5 Å². The van der Waals surface area contributed by atoms with E-state index in [1.54, 1.807) is 0 Å². The lowest BCUT2D eigenvalue weighted by atomic mass is 9.98. The molecule has 0 radical (unpaired) electrons. The van der Waals surface area contributed by atoms with E-state index in [4.69, 9.17) is 9.97 Å². The monoisotopic (exact) mass is 488 g/mol. The van der Waals surface area contributed by atoms with Crippen molar-refractivity contribution < 1.29 is 0 Å². The van der Waals surface area contributed by atoms with E-state index < -0.39 is 0 Å². The van der Waals surface area contributed by atoms with Gasteiger partial charge in [0, 0.05) is 36.7 Å². The summed E-state index contributed by atoms with van der Waals surface area (Å²) in [6.45, 7) is 0. The zero-order valence-electron chi connectivity index (χ0n) is 19.8. The average Bonchev–Trinajstić information content (AvgIpc) is 3.33. The van der Waals surface area contributed by atoms with Crippen LogP contribution < -0.4 is 0 Å². The van der Waals surface area contributed by atoms with Gasteiger partial charge in [-0.1, -0.05) is 97.1 Å². The summed E-state index contributed by atoms with van der Waals surface area (Å²) in [6.07, 6.45) is 0. The third kappa shape index (κ3) is 3.18. The molecule has 0 bridgehead atoms. The molecule has 2 heterocycles. The minimum Gasteiger partial charge on any atom is -0.228 e. The molecule has 2 nitrogen and oxygen atoms in total. The summed E-state index contributed by atoms with van der Waals surface area (Å²) in [5.41, 5.74) is 4.08. The summed E-state index contributed by atoms with van der Waals surface area (Å²) in [6, 6.07) is 43.0. The van der Waals surface area contributed by atoms with Crippen molar-refractivity contribution in [3.8, 4) is 22.6 Å². The number of hydrogen-bond acceptors (Lipinski definition) is 3. The molecular weight excluding hydrogens is 468 g/mol. The Bertz CT molecular complexity index is 2140. The highest BCUT2D eigenvalue weighted by Crippen LogP contribution is 2.40.